The van der Waals surface area contributed by atoms with Crippen molar-refractivity contribution in [3.05, 3.63) is 95.6 Å². The van der Waals surface area contributed by atoms with Crippen LogP contribution in [0.1, 0.15) is 46.5 Å². The summed E-state index contributed by atoms with van der Waals surface area (Å²) in [6.07, 6.45) is 0.978. The highest BCUT2D eigenvalue weighted by Crippen LogP contribution is 2.18. The van der Waals surface area contributed by atoms with Crippen molar-refractivity contribution in [2.45, 2.75) is 32.9 Å². The molecule has 0 fully saturated rings. The van der Waals surface area contributed by atoms with Gasteiger partial charge in [-0.2, -0.15) is 0 Å². The van der Waals surface area contributed by atoms with E-state index < -0.39 is 0 Å². The molecule has 0 radical (unpaired) electrons. The minimum Gasteiger partial charge on any atom is -0.491 e. The topological polar surface area (TPSA) is 67.4 Å². The van der Waals surface area contributed by atoms with Crippen molar-refractivity contribution in [1.82, 2.24) is 5.32 Å². The second-order valence-electron chi connectivity index (χ2n) is 7.06. The quantitative estimate of drug-likeness (QED) is 0.554. The van der Waals surface area contributed by atoms with E-state index in [4.69, 9.17) is 4.74 Å². The lowest BCUT2D eigenvalue weighted by molar-refractivity contribution is 0.0950. The Bertz CT molecular complexity index is 985. The highest BCUT2D eigenvalue weighted by molar-refractivity contribution is 6.04. The highest BCUT2D eigenvalue weighted by atomic mass is 16.5. The normalized spacial score (nSPS) is 11.4. The second-order valence-corrected chi connectivity index (χ2v) is 7.06. The number of carbonyl (C=O) groups excluding carboxylic acids is 2. The molecule has 3 rings (SSSR count). The third kappa shape index (κ3) is 5.95. The summed E-state index contributed by atoms with van der Waals surface area (Å²) in [7, 11) is 0. The fourth-order valence-corrected chi connectivity index (χ4v) is 2.81. The van der Waals surface area contributed by atoms with Gasteiger partial charge in [-0.05, 0) is 61.4 Å². The molecular formula is C25H26N2O3. The standard InChI is InChI=1S/C25H26N2O3/c1-3-18(2)30-23-11-7-10-21(16-23)25(29)27-22-14-12-20(13-15-22)24(28)26-17-19-8-5-4-6-9-19/h4-16,18H,3,17H2,1-2H3,(H,26,28)(H,27,29). The van der Waals surface area contributed by atoms with E-state index >= 15 is 0 Å². The summed E-state index contributed by atoms with van der Waals surface area (Å²) in [5.74, 6) is 0.278. The predicted molar refractivity (Wildman–Crippen MR) is 119 cm³/mol. The average Bonchev–Trinajstić information content (AvgIpc) is 2.78. The van der Waals surface area contributed by atoms with Crippen molar-refractivity contribution in [2.75, 3.05) is 5.32 Å². The number of ether oxygens (including phenoxy) is 1. The molecular weight excluding hydrogens is 376 g/mol. The van der Waals surface area contributed by atoms with Gasteiger partial charge in [-0.15, -0.1) is 0 Å². The van der Waals surface area contributed by atoms with E-state index in [9.17, 15) is 9.59 Å². The van der Waals surface area contributed by atoms with E-state index in [-0.39, 0.29) is 17.9 Å². The molecule has 1 atom stereocenters. The molecule has 2 amide bonds. The third-order valence-corrected chi connectivity index (χ3v) is 4.71. The van der Waals surface area contributed by atoms with Crippen molar-refractivity contribution in [2.24, 2.45) is 0 Å². The Hall–Kier alpha value is -3.60. The maximum atomic E-state index is 12.6. The number of amides is 2. The second kappa shape index (κ2) is 10.3. The fourth-order valence-electron chi connectivity index (χ4n) is 2.81. The molecule has 0 spiro atoms. The molecule has 0 aliphatic heterocycles. The molecule has 5 nitrogen and oxygen atoms in total. The summed E-state index contributed by atoms with van der Waals surface area (Å²) in [5.41, 5.74) is 2.70. The van der Waals surface area contributed by atoms with E-state index in [0.29, 0.717) is 29.1 Å². The van der Waals surface area contributed by atoms with Gasteiger partial charge < -0.3 is 15.4 Å². The van der Waals surface area contributed by atoms with Crippen LogP contribution >= 0.6 is 0 Å². The molecule has 0 bridgehead atoms. The highest BCUT2D eigenvalue weighted by Gasteiger charge is 2.10. The minimum absolute atomic E-state index is 0.0869. The maximum absolute atomic E-state index is 12.6. The van der Waals surface area contributed by atoms with Crippen LogP contribution in [-0.4, -0.2) is 17.9 Å². The number of anilines is 1. The van der Waals surface area contributed by atoms with E-state index in [1.165, 1.54) is 0 Å². The van der Waals surface area contributed by atoms with Crippen LogP contribution in [0.4, 0.5) is 5.69 Å². The monoisotopic (exact) mass is 402 g/mol. The predicted octanol–water partition coefficient (Wildman–Crippen LogP) is 5.05. The summed E-state index contributed by atoms with van der Waals surface area (Å²) < 4.78 is 5.78. The van der Waals surface area contributed by atoms with Gasteiger partial charge in [-0.3, -0.25) is 9.59 Å². The average molecular weight is 402 g/mol. The summed E-state index contributed by atoms with van der Waals surface area (Å²) in [6, 6.07) is 23.7. The molecule has 5 heteroatoms. The number of carbonyl (C=O) groups is 2. The van der Waals surface area contributed by atoms with Crippen LogP contribution < -0.4 is 15.4 Å². The Morgan fingerprint density at radius 1 is 0.867 bits per heavy atom. The first-order valence-electron chi connectivity index (χ1n) is 10.1. The van der Waals surface area contributed by atoms with Crippen molar-refractivity contribution >= 4 is 17.5 Å². The summed E-state index contributed by atoms with van der Waals surface area (Å²) >= 11 is 0. The van der Waals surface area contributed by atoms with E-state index in [1.54, 1.807) is 42.5 Å². The van der Waals surface area contributed by atoms with Gasteiger partial charge in [0.25, 0.3) is 11.8 Å². The first-order chi connectivity index (χ1) is 14.5. The minimum atomic E-state index is -0.231. The lowest BCUT2D eigenvalue weighted by Crippen LogP contribution is -2.22. The van der Waals surface area contributed by atoms with Gasteiger partial charge >= 0.3 is 0 Å². The lowest BCUT2D eigenvalue weighted by Gasteiger charge is -2.13. The molecule has 0 saturated carbocycles. The van der Waals surface area contributed by atoms with Gasteiger partial charge in [0.1, 0.15) is 5.75 Å². The van der Waals surface area contributed by atoms with E-state index in [0.717, 1.165) is 12.0 Å². The molecule has 0 saturated heterocycles. The van der Waals surface area contributed by atoms with Crippen molar-refractivity contribution in [3.63, 3.8) is 0 Å². The van der Waals surface area contributed by atoms with Crippen LogP contribution in [0, 0.1) is 0 Å². The van der Waals surface area contributed by atoms with Crippen LogP contribution in [0.3, 0.4) is 0 Å². The van der Waals surface area contributed by atoms with Gasteiger partial charge in [-0.25, -0.2) is 0 Å². The Balaban J connectivity index is 1.58. The van der Waals surface area contributed by atoms with Gasteiger partial charge in [0.05, 0.1) is 6.10 Å². The van der Waals surface area contributed by atoms with Crippen LogP contribution in [0.5, 0.6) is 5.75 Å². The zero-order chi connectivity index (χ0) is 21.3. The van der Waals surface area contributed by atoms with Crippen LogP contribution in [0.25, 0.3) is 0 Å². The van der Waals surface area contributed by atoms with Crippen LogP contribution in [-0.2, 0) is 6.54 Å². The molecule has 154 valence electrons. The Labute approximate surface area is 177 Å². The van der Waals surface area contributed by atoms with E-state index in [2.05, 4.69) is 10.6 Å². The number of nitrogens with one attached hydrogen (secondary N) is 2. The largest absolute Gasteiger partial charge is 0.491 e. The molecule has 30 heavy (non-hydrogen) atoms. The molecule has 0 heterocycles. The summed E-state index contributed by atoms with van der Waals surface area (Å²) in [4.78, 5) is 24.9. The Kier molecular flexibility index (Phi) is 7.22. The van der Waals surface area contributed by atoms with Crippen molar-refractivity contribution < 1.29 is 14.3 Å². The van der Waals surface area contributed by atoms with Crippen molar-refractivity contribution in [1.29, 1.82) is 0 Å². The molecule has 0 aliphatic carbocycles. The molecule has 0 aliphatic rings. The molecule has 3 aromatic carbocycles. The lowest BCUT2D eigenvalue weighted by atomic mass is 10.1. The fraction of sp³-hybridized carbons (Fsp3) is 0.200. The first-order valence-corrected chi connectivity index (χ1v) is 10.1. The molecule has 2 N–H and O–H groups in total. The number of benzene rings is 3. The smallest absolute Gasteiger partial charge is 0.255 e. The maximum Gasteiger partial charge on any atom is 0.255 e. The van der Waals surface area contributed by atoms with Crippen molar-refractivity contribution in [3.8, 4) is 5.75 Å². The Morgan fingerprint density at radius 3 is 2.30 bits per heavy atom. The third-order valence-electron chi connectivity index (χ3n) is 4.71. The van der Waals surface area contributed by atoms with Gasteiger partial charge in [0.2, 0.25) is 0 Å². The van der Waals surface area contributed by atoms with Gasteiger partial charge in [-0.1, -0.05) is 43.3 Å². The molecule has 0 aromatic heterocycles. The van der Waals surface area contributed by atoms with Gasteiger partial charge in [0, 0.05) is 23.4 Å². The zero-order valence-corrected chi connectivity index (χ0v) is 17.2. The van der Waals surface area contributed by atoms with Gasteiger partial charge in [0.15, 0.2) is 0 Å². The molecule has 3 aromatic rings. The zero-order valence-electron chi connectivity index (χ0n) is 17.2. The molecule has 1 unspecified atom stereocenters. The van der Waals surface area contributed by atoms with E-state index in [1.807, 2.05) is 50.2 Å². The summed E-state index contributed by atoms with van der Waals surface area (Å²) in [5, 5.41) is 5.74. The number of rotatable bonds is 8. The van der Waals surface area contributed by atoms with Crippen LogP contribution in [0.2, 0.25) is 0 Å². The summed E-state index contributed by atoms with van der Waals surface area (Å²) in [6.45, 7) is 4.50. The van der Waals surface area contributed by atoms with Crippen LogP contribution in [0.15, 0.2) is 78.9 Å². The number of hydrogen-bond acceptors (Lipinski definition) is 3. The Morgan fingerprint density at radius 2 is 1.60 bits per heavy atom. The number of hydrogen-bond donors (Lipinski definition) is 2. The first kappa shape index (κ1) is 21.1. The SMILES string of the molecule is CCC(C)Oc1cccc(C(=O)Nc2ccc(C(=O)NCc3ccccc3)cc2)c1.